The summed E-state index contributed by atoms with van der Waals surface area (Å²) < 4.78 is 5.00. The topological polar surface area (TPSA) is 60.4 Å². The minimum atomic E-state index is -0.324. The van der Waals surface area contributed by atoms with Gasteiger partial charge in [-0.05, 0) is 19.3 Å². The monoisotopic (exact) mass is 212 g/mol. The van der Waals surface area contributed by atoms with Crippen molar-refractivity contribution in [3.63, 3.8) is 0 Å². The van der Waals surface area contributed by atoms with Crippen LogP contribution in [0.4, 0.5) is 0 Å². The van der Waals surface area contributed by atoms with Crippen molar-refractivity contribution in [1.82, 2.24) is 0 Å². The molecule has 0 aliphatic heterocycles. The van der Waals surface area contributed by atoms with Crippen molar-refractivity contribution >= 4 is 17.5 Å². The van der Waals surface area contributed by atoms with Crippen LogP contribution in [0.5, 0.6) is 0 Å². The Bertz CT molecular complexity index is 282. The van der Waals surface area contributed by atoms with Gasteiger partial charge in [-0.15, -0.1) is 0 Å². The van der Waals surface area contributed by atoms with E-state index in [-0.39, 0.29) is 36.0 Å². The molecule has 4 heteroatoms. The fourth-order valence-electron chi connectivity index (χ4n) is 1.92. The Balaban J connectivity index is 2.45. The number of carbonyl (C=O) groups excluding carboxylic acids is 3. The zero-order valence-corrected chi connectivity index (χ0v) is 9.12. The molecule has 0 bridgehead atoms. The van der Waals surface area contributed by atoms with Gasteiger partial charge in [-0.25, -0.2) is 0 Å². The quantitative estimate of drug-likeness (QED) is 0.520. The van der Waals surface area contributed by atoms with Crippen LogP contribution in [0.3, 0.4) is 0 Å². The summed E-state index contributed by atoms with van der Waals surface area (Å²) in [5.41, 5.74) is 0. The van der Waals surface area contributed by atoms with Crippen LogP contribution in [0.25, 0.3) is 0 Å². The minimum absolute atomic E-state index is 0.180. The highest BCUT2D eigenvalue weighted by atomic mass is 16.5. The van der Waals surface area contributed by atoms with Crippen LogP contribution in [0.15, 0.2) is 0 Å². The van der Waals surface area contributed by atoms with Gasteiger partial charge < -0.3 is 4.74 Å². The summed E-state index contributed by atoms with van der Waals surface area (Å²) in [6, 6.07) is 0. The maximum absolute atomic E-state index is 11.5. The van der Waals surface area contributed by atoms with Gasteiger partial charge in [0.2, 0.25) is 5.78 Å². The fourth-order valence-corrected chi connectivity index (χ4v) is 1.92. The first-order valence-electron chi connectivity index (χ1n) is 5.28. The molecule has 1 rings (SSSR count). The first-order valence-corrected chi connectivity index (χ1v) is 5.28. The second-order valence-electron chi connectivity index (χ2n) is 3.88. The minimum Gasteiger partial charge on any atom is -0.463 e. The molecule has 0 unspecified atom stereocenters. The third-order valence-corrected chi connectivity index (χ3v) is 2.68. The lowest BCUT2D eigenvalue weighted by atomic mass is 9.98. The van der Waals surface area contributed by atoms with E-state index in [1.807, 2.05) is 0 Å². The Hall–Kier alpha value is -1.19. The predicted molar refractivity (Wildman–Crippen MR) is 53.2 cm³/mol. The Labute approximate surface area is 89.0 Å². The number of ether oxygens (including phenoxy) is 1. The third kappa shape index (κ3) is 3.15. The molecule has 0 aromatic heterocycles. The maximum atomic E-state index is 11.5. The van der Waals surface area contributed by atoms with Crippen molar-refractivity contribution in [2.45, 2.75) is 45.6 Å². The van der Waals surface area contributed by atoms with E-state index >= 15 is 0 Å². The Morgan fingerprint density at radius 3 is 2.47 bits per heavy atom. The number of Topliss-reactive ketones (excluding diaryl/α,β-unsaturated/α-hetero) is 2. The standard InChI is InChI=1S/C11H16O4/c1-3-10(13)11(14)8-4-5-9(6-8)15-7(2)12/h8-9H,3-6H2,1-2H3/t8-,9-/m1/s1. The average Bonchev–Trinajstić information content (AvgIpc) is 2.63. The summed E-state index contributed by atoms with van der Waals surface area (Å²) in [5.74, 6) is -1.17. The molecule has 0 spiro atoms. The molecule has 2 atom stereocenters. The highest BCUT2D eigenvalue weighted by Crippen LogP contribution is 2.29. The van der Waals surface area contributed by atoms with Gasteiger partial charge in [0.15, 0.2) is 5.78 Å². The molecule has 0 aromatic rings. The van der Waals surface area contributed by atoms with Crippen LogP contribution in [0.1, 0.15) is 39.5 Å². The zero-order valence-electron chi connectivity index (χ0n) is 9.12. The van der Waals surface area contributed by atoms with Gasteiger partial charge in [0.1, 0.15) is 6.10 Å². The molecule has 1 saturated carbocycles. The average molecular weight is 212 g/mol. The Morgan fingerprint density at radius 1 is 1.27 bits per heavy atom. The van der Waals surface area contributed by atoms with Crippen LogP contribution >= 0.6 is 0 Å². The second-order valence-corrected chi connectivity index (χ2v) is 3.88. The first-order chi connectivity index (χ1) is 7.04. The van der Waals surface area contributed by atoms with Crippen molar-refractivity contribution in [3.05, 3.63) is 0 Å². The van der Waals surface area contributed by atoms with E-state index in [4.69, 9.17) is 4.74 Å². The van der Waals surface area contributed by atoms with E-state index in [9.17, 15) is 14.4 Å². The molecule has 0 saturated heterocycles. The van der Waals surface area contributed by atoms with Gasteiger partial charge in [0.25, 0.3) is 0 Å². The van der Waals surface area contributed by atoms with E-state index in [2.05, 4.69) is 0 Å². The van der Waals surface area contributed by atoms with Gasteiger partial charge in [0, 0.05) is 19.3 Å². The molecule has 4 nitrogen and oxygen atoms in total. The van der Waals surface area contributed by atoms with E-state index in [0.29, 0.717) is 19.3 Å². The highest BCUT2D eigenvalue weighted by Gasteiger charge is 2.33. The van der Waals surface area contributed by atoms with Crippen molar-refractivity contribution in [1.29, 1.82) is 0 Å². The van der Waals surface area contributed by atoms with Gasteiger partial charge in [-0.3, -0.25) is 14.4 Å². The summed E-state index contributed by atoms with van der Waals surface area (Å²) in [6.07, 6.45) is 1.92. The first kappa shape index (κ1) is 11.9. The van der Waals surface area contributed by atoms with E-state index in [1.54, 1.807) is 6.92 Å². The van der Waals surface area contributed by atoms with Crippen molar-refractivity contribution in [2.24, 2.45) is 5.92 Å². The summed E-state index contributed by atoms with van der Waals surface area (Å²) in [5, 5.41) is 0. The predicted octanol–water partition coefficient (Wildman–Crippen LogP) is 1.27. The summed E-state index contributed by atoms with van der Waals surface area (Å²) in [7, 11) is 0. The van der Waals surface area contributed by atoms with Crippen molar-refractivity contribution in [3.8, 4) is 0 Å². The number of carbonyl (C=O) groups is 3. The molecular formula is C11H16O4. The van der Waals surface area contributed by atoms with Gasteiger partial charge in [-0.2, -0.15) is 0 Å². The van der Waals surface area contributed by atoms with Crippen LogP contribution < -0.4 is 0 Å². The zero-order chi connectivity index (χ0) is 11.4. The molecule has 1 fully saturated rings. The number of rotatable bonds is 4. The van der Waals surface area contributed by atoms with Crippen LogP contribution in [0.2, 0.25) is 0 Å². The summed E-state index contributed by atoms with van der Waals surface area (Å²) in [4.78, 5) is 33.4. The highest BCUT2D eigenvalue weighted by molar-refractivity contribution is 6.37. The fraction of sp³-hybridized carbons (Fsp3) is 0.727. The van der Waals surface area contributed by atoms with E-state index in [1.165, 1.54) is 6.92 Å². The lowest BCUT2D eigenvalue weighted by Gasteiger charge is -2.09. The Kier molecular flexibility index (Phi) is 4.00. The molecular weight excluding hydrogens is 196 g/mol. The summed E-state index contributed by atoms with van der Waals surface area (Å²) in [6.45, 7) is 3.03. The maximum Gasteiger partial charge on any atom is 0.302 e. The van der Waals surface area contributed by atoms with Gasteiger partial charge >= 0.3 is 5.97 Å². The van der Waals surface area contributed by atoms with Crippen LogP contribution in [-0.4, -0.2) is 23.6 Å². The van der Waals surface area contributed by atoms with Crippen LogP contribution in [0, 0.1) is 5.92 Å². The lowest BCUT2D eigenvalue weighted by molar-refractivity contribution is -0.146. The molecule has 0 aromatic carbocycles. The molecule has 0 heterocycles. The second kappa shape index (κ2) is 5.05. The lowest BCUT2D eigenvalue weighted by Crippen LogP contribution is -2.22. The molecule has 1 aliphatic carbocycles. The smallest absolute Gasteiger partial charge is 0.302 e. The molecule has 15 heavy (non-hydrogen) atoms. The van der Waals surface area contributed by atoms with E-state index < -0.39 is 0 Å². The number of hydrogen-bond acceptors (Lipinski definition) is 4. The third-order valence-electron chi connectivity index (χ3n) is 2.68. The molecule has 0 radical (unpaired) electrons. The molecule has 0 N–H and O–H groups in total. The van der Waals surface area contributed by atoms with Crippen molar-refractivity contribution < 1.29 is 19.1 Å². The van der Waals surface area contributed by atoms with Crippen LogP contribution in [-0.2, 0) is 19.1 Å². The normalized spacial score (nSPS) is 24.9. The number of esters is 1. The molecule has 84 valence electrons. The molecule has 1 aliphatic rings. The largest absolute Gasteiger partial charge is 0.463 e. The van der Waals surface area contributed by atoms with Crippen molar-refractivity contribution in [2.75, 3.05) is 0 Å². The molecule has 0 amide bonds. The van der Waals surface area contributed by atoms with Gasteiger partial charge in [-0.1, -0.05) is 6.92 Å². The summed E-state index contributed by atoms with van der Waals surface area (Å²) >= 11 is 0. The van der Waals surface area contributed by atoms with Gasteiger partial charge in [0.05, 0.1) is 0 Å². The number of hydrogen-bond donors (Lipinski definition) is 0. The van der Waals surface area contributed by atoms with E-state index in [0.717, 1.165) is 0 Å². The number of ketones is 2. The Morgan fingerprint density at radius 2 is 1.93 bits per heavy atom. The SMILES string of the molecule is CCC(=O)C(=O)[C@@H]1CC[C@@H](OC(C)=O)C1.